The Labute approximate surface area is 80.9 Å². The molecule has 0 saturated carbocycles. The molecule has 2 rings (SSSR count). The van der Waals surface area contributed by atoms with Gasteiger partial charge in [-0.15, -0.1) is 0 Å². The predicted octanol–water partition coefficient (Wildman–Crippen LogP) is 2.15. The SMILES string of the molecule is N#CC1CCc2cc([N+](=O)[O-])ccc21. The topological polar surface area (TPSA) is 66.9 Å². The highest BCUT2D eigenvalue weighted by atomic mass is 16.6. The van der Waals surface area contributed by atoms with Crippen LogP contribution in [0.4, 0.5) is 5.69 Å². The first-order valence-corrected chi connectivity index (χ1v) is 4.39. The van der Waals surface area contributed by atoms with Gasteiger partial charge in [-0.1, -0.05) is 6.07 Å². The molecule has 1 atom stereocenters. The zero-order chi connectivity index (χ0) is 10.1. The summed E-state index contributed by atoms with van der Waals surface area (Å²) in [6, 6.07) is 6.94. The summed E-state index contributed by atoms with van der Waals surface area (Å²) in [5.74, 6) is -0.0780. The van der Waals surface area contributed by atoms with Crippen molar-refractivity contribution in [2.24, 2.45) is 0 Å². The van der Waals surface area contributed by atoms with Gasteiger partial charge >= 0.3 is 0 Å². The molecule has 0 bridgehead atoms. The maximum absolute atomic E-state index is 10.5. The molecule has 4 nitrogen and oxygen atoms in total. The third kappa shape index (κ3) is 1.23. The number of nitro groups is 1. The van der Waals surface area contributed by atoms with Crippen molar-refractivity contribution in [2.45, 2.75) is 18.8 Å². The average molecular weight is 188 g/mol. The molecule has 0 amide bonds. The van der Waals surface area contributed by atoms with Gasteiger partial charge in [0, 0.05) is 12.1 Å². The van der Waals surface area contributed by atoms with Crippen LogP contribution in [0, 0.1) is 21.4 Å². The molecular weight excluding hydrogens is 180 g/mol. The van der Waals surface area contributed by atoms with E-state index in [1.165, 1.54) is 6.07 Å². The third-order valence-corrected chi connectivity index (χ3v) is 2.57. The van der Waals surface area contributed by atoms with E-state index in [1.807, 2.05) is 0 Å². The highest BCUT2D eigenvalue weighted by Gasteiger charge is 2.23. The second-order valence-electron chi connectivity index (χ2n) is 3.36. The standard InChI is InChI=1S/C10H8N2O2/c11-6-8-2-1-7-5-9(12(13)14)3-4-10(7)8/h3-5,8H,1-2H2. The number of non-ortho nitro benzene ring substituents is 1. The minimum absolute atomic E-state index is 0.0780. The molecule has 1 unspecified atom stereocenters. The lowest BCUT2D eigenvalue weighted by atomic mass is 10.0. The monoisotopic (exact) mass is 188 g/mol. The number of nitro benzene ring substituents is 1. The molecule has 70 valence electrons. The number of nitrogens with zero attached hydrogens (tertiary/aromatic N) is 2. The van der Waals surface area contributed by atoms with Crippen molar-refractivity contribution < 1.29 is 4.92 Å². The Morgan fingerprint density at radius 2 is 2.36 bits per heavy atom. The van der Waals surface area contributed by atoms with Gasteiger partial charge in [0.1, 0.15) is 0 Å². The largest absolute Gasteiger partial charge is 0.269 e. The number of aryl methyl sites for hydroxylation is 1. The predicted molar refractivity (Wildman–Crippen MR) is 49.8 cm³/mol. The van der Waals surface area contributed by atoms with Gasteiger partial charge in [-0.25, -0.2) is 0 Å². The van der Waals surface area contributed by atoms with E-state index in [0.29, 0.717) is 0 Å². The van der Waals surface area contributed by atoms with Crippen LogP contribution in [0.25, 0.3) is 0 Å². The first-order chi connectivity index (χ1) is 6.72. The molecule has 0 saturated heterocycles. The molecule has 1 aliphatic carbocycles. The number of hydrogen-bond donors (Lipinski definition) is 0. The first kappa shape index (κ1) is 8.70. The Balaban J connectivity index is 2.45. The lowest BCUT2D eigenvalue weighted by Crippen LogP contribution is -1.92. The molecule has 1 aromatic carbocycles. The molecule has 1 aromatic rings. The van der Waals surface area contributed by atoms with E-state index >= 15 is 0 Å². The van der Waals surface area contributed by atoms with Crippen LogP contribution in [0.1, 0.15) is 23.5 Å². The van der Waals surface area contributed by atoms with E-state index in [1.54, 1.807) is 12.1 Å². The second kappa shape index (κ2) is 3.11. The van der Waals surface area contributed by atoms with Crippen LogP contribution in [0.15, 0.2) is 18.2 Å². The summed E-state index contributed by atoms with van der Waals surface area (Å²) in [4.78, 5) is 10.1. The van der Waals surface area contributed by atoms with Gasteiger partial charge in [0.05, 0.1) is 16.9 Å². The summed E-state index contributed by atoms with van der Waals surface area (Å²) < 4.78 is 0. The minimum atomic E-state index is -0.403. The van der Waals surface area contributed by atoms with Crippen LogP contribution < -0.4 is 0 Å². The van der Waals surface area contributed by atoms with Crippen LogP contribution in [0.2, 0.25) is 0 Å². The van der Waals surface area contributed by atoms with E-state index in [0.717, 1.165) is 24.0 Å². The smallest absolute Gasteiger partial charge is 0.258 e. The summed E-state index contributed by atoms with van der Waals surface area (Å²) >= 11 is 0. The second-order valence-corrected chi connectivity index (χ2v) is 3.36. The van der Waals surface area contributed by atoms with Crippen LogP contribution in [0.3, 0.4) is 0 Å². The van der Waals surface area contributed by atoms with Gasteiger partial charge in [-0.05, 0) is 24.0 Å². The van der Waals surface area contributed by atoms with Crippen LogP contribution >= 0.6 is 0 Å². The maximum atomic E-state index is 10.5. The average Bonchev–Trinajstić information content (AvgIpc) is 2.59. The lowest BCUT2D eigenvalue weighted by molar-refractivity contribution is -0.384. The van der Waals surface area contributed by atoms with Gasteiger partial charge < -0.3 is 0 Å². The summed E-state index contributed by atoms with van der Waals surface area (Å²) in [5, 5.41) is 19.3. The molecule has 0 spiro atoms. The van der Waals surface area contributed by atoms with Crippen molar-refractivity contribution in [3.8, 4) is 6.07 Å². The van der Waals surface area contributed by atoms with Gasteiger partial charge in [-0.3, -0.25) is 10.1 Å². The fraction of sp³-hybridized carbons (Fsp3) is 0.300. The zero-order valence-electron chi connectivity index (χ0n) is 7.43. The highest BCUT2D eigenvalue weighted by Crippen LogP contribution is 2.34. The van der Waals surface area contributed by atoms with Crippen molar-refractivity contribution in [3.05, 3.63) is 39.4 Å². The molecule has 0 aliphatic heterocycles. The van der Waals surface area contributed by atoms with Gasteiger partial charge in [-0.2, -0.15) is 5.26 Å². The van der Waals surface area contributed by atoms with Gasteiger partial charge in [0.15, 0.2) is 0 Å². The summed E-state index contributed by atoms with van der Waals surface area (Å²) in [6.07, 6.45) is 1.56. The van der Waals surface area contributed by atoms with Gasteiger partial charge in [0.25, 0.3) is 5.69 Å². The third-order valence-electron chi connectivity index (χ3n) is 2.57. The summed E-state index contributed by atoms with van der Waals surface area (Å²) in [6.45, 7) is 0. The van der Waals surface area contributed by atoms with E-state index < -0.39 is 4.92 Å². The highest BCUT2D eigenvalue weighted by molar-refractivity contribution is 5.45. The van der Waals surface area contributed by atoms with Crippen molar-refractivity contribution in [1.29, 1.82) is 5.26 Å². The Hall–Kier alpha value is -1.89. The summed E-state index contributed by atoms with van der Waals surface area (Å²) in [5.41, 5.74) is 2.02. The number of hydrogen-bond acceptors (Lipinski definition) is 3. The lowest BCUT2D eigenvalue weighted by Gasteiger charge is -2.00. The molecule has 0 fully saturated rings. The molecule has 4 heteroatoms. The first-order valence-electron chi connectivity index (χ1n) is 4.39. The van der Waals surface area contributed by atoms with Crippen LogP contribution in [0.5, 0.6) is 0 Å². The quantitative estimate of drug-likeness (QED) is 0.501. The molecule has 0 heterocycles. The number of rotatable bonds is 1. The summed E-state index contributed by atoms with van der Waals surface area (Å²) in [7, 11) is 0. The van der Waals surface area contributed by atoms with Gasteiger partial charge in [0.2, 0.25) is 0 Å². The Kier molecular flexibility index (Phi) is 1.93. The molecule has 0 radical (unpaired) electrons. The van der Waals surface area contributed by atoms with Crippen LogP contribution in [-0.2, 0) is 6.42 Å². The van der Waals surface area contributed by atoms with Crippen molar-refractivity contribution in [3.63, 3.8) is 0 Å². The fourth-order valence-corrected chi connectivity index (χ4v) is 1.85. The van der Waals surface area contributed by atoms with E-state index in [2.05, 4.69) is 6.07 Å². The Morgan fingerprint density at radius 1 is 1.57 bits per heavy atom. The normalized spacial score (nSPS) is 18.6. The molecule has 0 N–H and O–H groups in total. The maximum Gasteiger partial charge on any atom is 0.269 e. The van der Waals surface area contributed by atoms with Crippen molar-refractivity contribution in [1.82, 2.24) is 0 Å². The molecule has 0 aromatic heterocycles. The number of fused-ring (bicyclic) bond motifs is 1. The molecule has 14 heavy (non-hydrogen) atoms. The Bertz CT molecular complexity index is 434. The number of benzene rings is 1. The molecule has 1 aliphatic rings. The zero-order valence-corrected chi connectivity index (χ0v) is 7.43. The van der Waals surface area contributed by atoms with E-state index in [-0.39, 0.29) is 11.6 Å². The van der Waals surface area contributed by atoms with Crippen LogP contribution in [-0.4, -0.2) is 4.92 Å². The fourth-order valence-electron chi connectivity index (χ4n) is 1.85. The van der Waals surface area contributed by atoms with E-state index in [4.69, 9.17) is 5.26 Å². The van der Waals surface area contributed by atoms with E-state index in [9.17, 15) is 10.1 Å². The van der Waals surface area contributed by atoms with Crippen molar-refractivity contribution in [2.75, 3.05) is 0 Å². The Morgan fingerprint density at radius 3 is 3.00 bits per heavy atom. The number of nitriles is 1. The minimum Gasteiger partial charge on any atom is -0.258 e. The molecular formula is C10H8N2O2. The van der Waals surface area contributed by atoms with Crippen molar-refractivity contribution >= 4 is 5.69 Å².